The van der Waals surface area contributed by atoms with Gasteiger partial charge >= 0.3 is 0 Å². The summed E-state index contributed by atoms with van der Waals surface area (Å²) in [5.74, 6) is -0.539. The molecule has 0 fully saturated rings. The molecule has 4 heteroatoms. The van der Waals surface area contributed by atoms with Crippen molar-refractivity contribution in [2.75, 3.05) is 14.2 Å². The van der Waals surface area contributed by atoms with E-state index in [1.807, 2.05) is 6.07 Å². The molecule has 12 heavy (non-hydrogen) atoms. The Bertz CT molecular complexity index is 170. The molecule has 0 heterocycles. The van der Waals surface area contributed by atoms with Crippen LogP contribution in [0.25, 0.3) is 0 Å². The fourth-order valence-electron chi connectivity index (χ4n) is 0.908. The Balaban J connectivity index is 4.47. The molecule has 0 aliphatic rings. The van der Waals surface area contributed by atoms with Crippen LogP contribution in [-0.2, 0) is 9.47 Å². The quantitative estimate of drug-likeness (QED) is 0.629. The minimum Gasteiger partial charge on any atom is -0.383 e. The molecular weight excluding hydrogens is 158 g/mol. The van der Waals surface area contributed by atoms with E-state index in [1.165, 1.54) is 21.1 Å². The van der Waals surface area contributed by atoms with Gasteiger partial charge in [0.05, 0.1) is 12.0 Å². The fourth-order valence-corrected chi connectivity index (χ4v) is 0.908. The molecule has 0 rings (SSSR count). The predicted octanol–water partition coefficient (Wildman–Crippen LogP) is 0.516. The molecule has 0 aliphatic heterocycles. The third-order valence-corrected chi connectivity index (χ3v) is 1.98. The van der Waals surface area contributed by atoms with E-state index in [0.717, 1.165) is 0 Å². The summed E-state index contributed by atoms with van der Waals surface area (Å²) in [7, 11) is 2.85. The molecule has 0 amide bonds. The van der Waals surface area contributed by atoms with Crippen LogP contribution in [-0.4, -0.2) is 31.2 Å². The number of nitriles is 1. The summed E-state index contributed by atoms with van der Waals surface area (Å²) >= 11 is 0. The number of nitrogens with zero attached hydrogens (tertiary/aromatic N) is 1. The van der Waals surface area contributed by atoms with Crippen LogP contribution in [0.5, 0.6) is 0 Å². The smallest absolute Gasteiger partial charge is 0.186 e. The van der Waals surface area contributed by atoms with E-state index in [-0.39, 0.29) is 0 Å². The minimum atomic E-state index is -1.28. The summed E-state index contributed by atoms with van der Waals surface area (Å²) in [6, 6.07) is 1.94. The van der Waals surface area contributed by atoms with E-state index in [0.29, 0.717) is 0 Å². The monoisotopic (exact) mass is 173 g/mol. The van der Waals surface area contributed by atoms with Crippen LogP contribution >= 0.6 is 0 Å². The maximum Gasteiger partial charge on any atom is 0.186 e. The van der Waals surface area contributed by atoms with Gasteiger partial charge in [0.1, 0.15) is 5.60 Å². The lowest BCUT2D eigenvalue weighted by molar-refractivity contribution is -0.218. The predicted molar refractivity (Wildman–Crippen MR) is 43.2 cm³/mol. The first-order chi connectivity index (χ1) is 5.50. The first-order valence-corrected chi connectivity index (χ1v) is 3.68. The lowest BCUT2D eigenvalue weighted by Crippen LogP contribution is -2.46. The van der Waals surface area contributed by atoms with E-state index in [4.69, 9.17) is 14.7 Å². The van der Waals surface area contributed by atoms with Crippen LogP contribution in [0.3, 0.4) is 0 Å². The van der Waals surface area contributed by atoms with Crippen molar-refractivity contribution in [3.63, 3.8) is 0 Å². The zero-order chi connectivity index (χ0) is 9.78. The number of methoxy groups -OCH3 is 2. The summed E-state index contributed by atoms with van der Waals surface area (Å²) in [4.78, 5) is 0. The number of hydrogen-bond donors (Lipinski definition) is 1. The van der Waals surface area contributed by atoms with Gasteiger partial charge < -0.3 is 14.6 Å². The van der Waals surface area contributed by atoms with Crippen LogP contribution < -0.4 is 0 Å². The zero-order valence-electron chi connectivity index (χ0n) is 7.87. The Morgan fingerprint density at radius 3 is 2.08 bits per heavy atom. The third-order valence-electron chi connectivity index (χ3n) is 1.98. The molecule has 70 valence electrons. The van der Waals surface area contributed by atoms with Crippen LogP contribution in [0.15, 0.2) is 0 Å². The lowest BCUT2D eigenvalue weighted by Gasteiger charge is -2.32. The van der Waals surface area contributed by atoms with Crippen molar-refractivity contribution in [3.8, 4) is 6.07 Å². The second kappa shape index (κ2) is 4.41. The van der Waals surface area contributed by atoms with Gasteiger partial charge in [0, 0.05) is 14.2 Å². The molecule has 0 aromatic carbocycles. The van der Waals surface area contributed by atoms with E-state index in [1.54, 1.807) is 6.92 Å². The van der Waals surface area contributed by atoms with Gasteiger partial charge in [-0.1, -0.05) is 0 Å². The Labute approximate surface area is 72.7 Å². The maximum absolute atomic E-state index is 9.77. The van der Waals surface area contributed by atoms with Crippen LogP contribution in [0.1, 0.15) is 13.8 Å². The topological polar surface area (TPSA) is 62.5 Å². The largest absolute Gasteiger partial charge is 0.383 e. The molecule has 0 radical (unpaired) electrons. The standard InChI is InChI=1S/C8H15NO3/c1-6(5-9)8(2,10)7(11-3)12-4/h6-7,10H,1-4H3. The third kappa shape index (κ3) is 2.18. The second-order valence-corrected chi connectivity index (χ2v) is 2.88. The van der Waals surface area contributed by atoms with Gasteiger partial charge in [0.25, 0.3) is 0 Å². The van der Waals surface area contributed by atoms with Crippen LogP contribution in [0, 0.1) is 17.2 Å². The molecule has 2 atom stereocenters. The molecule has 4 nitrogen and oxygen atoms in total. The first kappa shape index (κ1) is 11.4. The Kier molecular flexibility index (Phi) is 4.18. The van der Waals surface area contributed by atoms with Crippen molar-refractivity contribution in [2.45, 2.75) is 25.7 Å². The van der Waals surface area contributed by atoms with Crippen molar-refractivity contribution in [3.05, 3.63) is 0 Å². The molecule has 0 aliphatic carbocycles. The highest BCUT2D eigenvalue weighted by atomic mass is 16.7. The van der Waals surface area contributed by atoms with Gasteiger partial charge in [-0.2, -0.15) is 5.26 Å². The fraction of sp³-hybridized carbons (Fsp3) is 0.875. The molecule has 0 aromatic heterocycles. The van der Waals surface area contributed by atoms with Crippen molar-refractivity contribution >= 4 is 0 Å². The van der Waals surface area contributed by atoms with Gasteiger partial charge in [0.15, 0.2) is 6.29 Å². The molecule has 0 saturated heterocycles. The van der Waals surface area contributed by atoms with E-state index in [9.17, 15) is 5.11 Å². The van der Waals surface area contributed by atoms with E-state index >= 15 is 0 Å². The van der Waals surface area contributed by atoms with Crippen molar-refractivity contribution < 1.29 is 14.6 Å². The summed E-state index contributed by atoms with van der Waals surface area (Å²) in [6.07, 6.45) is -0.771. The Morgan fingerprint density at radius 2 is 1.83 bits per heavy atom. The highest BCUT2D eigenvalue weighted by Gasteiger charge is 2.38. The highest BCUT2D eigenvalue weighted by Crippen LogP contribution is 2.22. The van der Waals surface area contributed by atoms with Gasteiger partial charge in [-0.25, -0.2) is 0 Å². The summed E-state index contributed by atoms with van der Waals surface area (Å²) in [5, 5.41) is 18.4. The highest BCUT2D eigenvalue weighted by molar-refractivity contribution is 4.95. The van der Waals surface area contributed by atoms with Gasteiger partial charge in [0.2, 0.25) is 0 Å². The molecular formula is C8H15NO3. The molecule has 0 spiro atoms. The number of rotatable bonds is 4. The molecule has 2 unspecified atom stereocenters. The summed E-state index contributed by atoms with van der Waals surface area (Å²) in [6.45, 7) is 3.13. The molecule has 0 aromatic rings. The summed E-state index contributed by atoms with van der Waals surface area (Å²) < 4.78 is 9.73. The van der Waals surface area contributed by atoms with Crippen LogP contribution in [0.2, 0.25) is 0 Å². The number of ether oxygens (including phenoxy) is 2. The van der Waals surface area contributed by atoms with E-state index < -0.39 is 17.8 Å². The van der Waals surface area contributed by atoms with Gasteiger partial charge in [-0.15, -0.1) is 0 Å². The molecule has 0 saturated carbocycles. The average molecular weight is 173 g/mol. The maximum atomic E-state index is 9.77. The Hall–Kier alpha value is -0.630. The summed E-state index contributed by atoms with van der Waals surface area (Å²) in [5.41, 5.74) is -1.28. The van der Waals surface area contributed by atoms with Gasteiger partial charge in [-0.05, 0) is 13.8 Å². The molecule has 0 bridgehead atoms. The van der Waals surface area contributed by atoms with Crippen molar-refractivity contribution in [1.29, 1.82) is 5.26 Å². The zero-order valence-corrected chi connectivity index (χ0v) is 7.87. The number of aliphatic hydroxyl groups is 1. The van der Waals surface area contributed by atoms with Crippen LogP contribution in [0.4, 0.5) is 0 Å². The minimum absolute atomic E-state index is 0.539. The number of hydrogen-bond acceptors (Lipinski definition) is 4. The Morgan fingerprint density at radius 1 is 1.42 bits per heavy atom. The molecule has 1 N–H and O–H groups in total. The first-order valence-electron chi connectivity index (χ1n) is 3.68. The van der Waals surface area contributed by atoms with Crippen molar-refractivity contribution in [2.24, 2.45) is 5.92 Å². The second-order valence-electron chi connectivity index (χ2n) is 2.88. The average Bonchev–Trinajstić information content (AvgIpc) is 2.04. The van der Waals surface area contributed by atoms with Crippen molar-refractivity contribution in [1.82, 2.24) is 0 Å². The lowest BCUT2D eigenvalue weighted by atomic mass is 9.91. The van der Waals surface area contributed by atoms with E-state index in [2.05, 4.69) is 0 Å². The normalized spacial score (nSPS) is 18.4. The SMILES string of the molecule is COC(OC)C(C)(O)C(C)C#N. The van der Waals surface area contributed by atoms with Gasteiger partial charge in [-0.3, -0.25) is 0 Å².